The second kappa shape index (κ2) is 8.23. The van der Waals surface area contributed by atoms with Crippen LogP contribution in [0.1, 0.15) is 11.1 Å². The quantitative estimate of drug-likeness (QED) is 0.368. The van der Waals surface area contributed by atoms with Crippen LogP contribution >= 0.6 is 23.4 Å². The van der Waals surface area contributed by atoms with Crippen molar-refractivity contribution in [1.82, 2.24) is 19.7 Å². The summed E-state index contributed by atoms with van der Waals surface area (Å²) < 4.78 is 1.68. The predicted molar refractivity (Wildman–Crippen MR) is 117 cm³/mol. The standard InChI is InChI=1S/C21H18ClN5OS/c1-13-7-8-15(9-14(13)2)26-19(28)11-29-21-16-10-25-27(20(16)23-12-24-21)18-6-4-3-5-17(18)22/h3-10,12H,11H2,1-2H3,(H,26,28). The van der Waals surface area contributed by atoms with Crippen LogP contribution in [0.2, 0.25) is 5.02 Å². The molecule has 6 nitrogen and oxygen atoms in total. The lowest BCUT2D eigenvalue weighted by Gasteiger charge is -2.08. The molecule has 0 spiro atoms. The minimum Gasteiger partial charge on any atom is -0.325 e. The third-order valence-corrected chi connectivity index (χ3v) is 5.87. The predicted octanol–water partition coefficient (Wildman–Crippen LogP) is 4.82. The Labute approximate surface area is 177 Å². The van der Waals surface area contributed by atoms with Crippen LogP contribution in [0.5, 0.6) is 0 Å². The van der Waals surface area contributed by atoms with E-state index >= 15 is 0 Å². The Bertz CT molecular complexity index is 1210. The maximum Gasteiger partial charge on any atom is 0.234 e. The summed E-state index contributed by atoms with van der Waals surface area (Å²) in [5.41, 5.74) is 4.51. The van der Waals surface area contributed by atoms with Crippen LogP contribution in [0.3, 0.4) is 0 Å². The number of carbonyl (C=O) groups excluding carboxylic acids is 1. The van der Waals surface area contributed by atoms with Crippen molar-refractivity contribution >= 4 is 46.0 Å². The molecule has 0 aliphatic heterocycles. The molecule has 0 saturated heterocycles. The summed E-state index contributed by atoms with van der Waals surface area (Å²) in [6.07, 6.45) is 3.17. The molecular formula is C21H18ClN5OS. The third-order valence-electron chi connectivity index (χ3n) is 4.54. The number of aryl methyl sites for hydroxylation is 2. The number of nitrogens with one attached hydrogen (secondary N) is 1. The van der Waals surface area contributed by atoms with Crippen molar-refractivity contribution in [2.75, 3.05) is 11.1 Å². The van der Waals surface area contributed by atoms with Gasteiger partial charge in [-0.1, -0.05) is 41.6 Å². The van der Waals surface area contributed by atoms with Gasteiger partial charge in [-0.15, -0.1) is 0 Å². The maximum atomic E-state index is 12.4. The molecule has 0 atom stereocenters. The van der Waals surface area contributed by atoms with Gasteiger partial charge in [0.15, 0.2) is 5.65 Å². The van der Waals surface area contributed by atoms with Gasteiger partial charge < -0.3 is 5.32 Å². The Morgan fingerprint density at radius 3 is 2.76 bits per heavy atom. The molecule has 0 aliphatic rings. The Hall–Kier alpha value is -2.90. The lowest BCUT2D eigenvalue weighted by molar-refractivity contribution is -0.113. The molecule has 4 rings (SSSR count). The second-order valence-corrected chi connectivity index (χ2v) is 7.93. The molecule has 8 heteroatoms. The minimum atomic E-state index is -0.0940. The van der Waals surface area contributed by atoms with Gasteiger partial charge in [-0.3, -0.25) is 4.79 Å². The van der Waals surface area contributed by atoms with Crippen LogP contribution in [0.15, 0.2) is 60.0 Å². The topological polar surface area (TPSA) is 72.7 Å². The van der Waals surface area contributed by atoms with E-state index in [0.29, 0.717) is 15.7 Å². The van der Waals surface area contributed by atoms with Crippen LogP contribution in [0.25, 0.3) is 16.7 Å². The van der Waals surface area contributed by atoms with Gasteiger partial charge in [0.2, 0.25) is 5.91 Å². The van der Waals surface area contributed by atoms with Gasteiger partial charge in [-0.25, -0.2) is 14.6 Å². The molecule has 0 bridgehead atoms. The third kappa shape index (κ3) is 4.11. The largest absolute Gasteiger partial charge is 0.325 e. The first-order chi connectivity index (χ1) is 14.0. The van der Waals surface area contributed by atoms with Gasteiger partial charge in [0.05, 0.1) is 28.0 Å². The van der Waals surface area contributed by atoms with Crippen molar-refractivity contribution in [1.29, 1.82) is 0 Å². The number of anilines is 1. The molecule has 29 heavy (non-hydrogen) atoms. The maximum absolute atomic E-state index is 12.4. The van der Waals surface area contributed by atoms with E-state index in [-0.39, 0.29) is 11.7 Å². The molecule has 4 aromatic rings. The molecule has 146 valence electrons. The van der Waals surface area contributed by atoms with E-state index in [1.165, 1.54) is 23.7 Å². The first-order valence-electron chi connectivity index (χ1n) is 8.96. The first kappa shape index (κ1) is 19.4. The highest BCUT2D eigenvalue weighted by molar-refractivity contribution is 8.00. The van der Waals surface area contributed by atoms with Crippen molar-refractivity contribution in [3.8, 4) is 5.69 Å². The number of benzene rings is 2. The zero-order valence-electron chi connectivity index (χ0n) is 15.9. The molecule has 0 aliphatic carbocycles. The van der Waals surface area contributed by atoms with Gasteiger partial charge in [0, 0.05) is 5.69 Å². The van der Waals surface area contributed by atoms with E-state index in [0.717, 1.165) is 22.3 Å². The molecular weight excluding hydrogens is 406 g/mol. The number of fused-ring (bicyclic) bond motifs is 1. The molecule has 1 N–H and O–H groups in total. The number of para-hydroxylation sites is 1. The van der Waals surface area contributed by atoms with Gasteiger partial charge in [-0.2, -0.15) is 5.10 Å². The monoisotopic (exact) mass is 423 g/mol. The van der Waals surface area contributed by atoms with Crippen LogP contribution in [-0.2, 0) is 4.79 Å². The molecule has 2 aromatic carbocycles. The number of thioether (sulfide) groups is 1. The van der Waals surface area contributed by atoms with Crippen molar-refractivity contribution in [3.05, 3.63) is 71.1 Å². The fraction of sp³-hybridized carbons (Fsp3) is 0.143. The van der Waals surface area contributed by atoms with Crippen LogP contribution in [0, 0.1) is 13.8 Å². The number of amides is 1. The van der Waals surface area contributed by atoms with E-state index in [9.17, 15) is 4.79 Å². The van der Waals surface area contributed by atoms with Crippen molar-refractivity contribution in [3.63, 3.8) is 0 Å². The summed E-state index contributed by atoms with van der Waals surface area (Å²) in [6, 6.07) is 13.3. The Kier molecular flexibility index (Phi) is 5.51. The van der Waals surface area contributed by atoms with Crippen LogP contribution in [0.4, 0.5) is 5.69 Å². The normalized spacial score (nSPS) is 11.0. The Morgan fingerprint density at radius 2 is 1.97 bits per heavy atom. The van der Waals surface area contributed by atoms with E-state index in [2.05, 4.69) is 20.4 Å². The molecule has 0 radical (unpaired) electrons. The number of halogens is 1. The average Bonchev–Trinajstić information content (AvgIpc) is 3.14. The van der Waals surface area contributed by atoms with Crippen LogP contribution in [-0.4, -0.2) is 31.4 Å². The van der Waals surface area contributed by atoms with Crippen molar-refractivity contribution in [2.24, 2.45) is 0 Å². The summed E-state index contributed by atoms with van der Waals surface area (Å²) in [5, 5.41) is 9.39. The zero-order chi connectivity index (χ0) is 20.4. The number of hydrogen-bond acceptors (Lipinski definition) is 5. The fourth-order valence-corrected chi connectivity index (χ4v) is 3.86. The average molecular weight is 424 g/mol. The molecule has 1 amide bonds. The summed E-state index contributed by atoms with van der Waals surface area (Å²) >= 11 is 7.64. The fourth-order valence-electron chi connectivity index (χ4n) is 2.89. The number of nitrogens with zero attached hydrogens (tertiary/aromatic N) is 4. The van der Waals surface area contributed by atoms with Crippen molar-refractivity contribution in [2.45, 2.75) is 18.9 Å². The van der Waals surface area contributed by atoms with Crippen LogP contribution < -0.4 is 5.32 Å². The molecule has 0 unspecified atom stereocenters. The van der Waals surface area contributed by atoms with E-state index in [4.69, 9.17) is 11.6 Å². The minimum absolute atomic E-state index is 0.0940. The van der Waals surface area contributed by atoms with Gasteiger partial charge in [-0.05, 0) is 49.2 Å². The molecule has 2 heterocycles. The second-order valence-electron chi connectivity index (χ2n) is 6.56. The Balaban J connectivity index is 1.52. The summed E-state index contributed by atoms with van der Waals surface area (Å²) in [4.78, 5) is 21.1. The molecule has 2 aromatic heterocycles. The molecule has 0 fully saturated rings. The number of hydrogen-bond donors (Lipinski definition) is 1. The van der Waals surface area contributed by atoms with E-state index in [1.54, 1.807) is 16.9 Å². The summed E-state index contributed by atoms with van der Waals surface area (Å²) in [5.74, 6) is 0.138. The van der Waals surface area contributed by atoms with E-state index < -0.39 is 0 Å². The number of aromatic nitrogens is 4. The summed E-state index contributed by atoms with van der Waals surface area (Å²) in [6.45, 7) is 4.06. The highest BCUT2D eigenvalue weighted by Gasteiger charge is 2.14. The smallest absolute Gasteiger partial charge is 0.234 e. The van der Waals surface area contributed by atoms with E-state index in [1.807, 2.05) is 50.2 Å². The summed E-state index contributed by atoms with van der Waals surface area (Å²) in [7, 11) is 0. The number of carbonyl (C=O) groups is 1. The zero-order valence-corrected chi connectivity index (χ0v) is 17.5. The van der Waals surface area contributed by atoms with Crippen molar-refractivity contribution < 1.29 is 4.79 Å². The highest BCUT2D eigenvalue weighted by atomic mass is 35.5. The van der Waals surface area contributed by atoms with Gasteiger partial charge >= 0.3 is 0 Å². The first-order valence-corrected chi connectivity index (χ1v) is 10.3. The molecule has 0 saturated carbocycles. The highest BCUT2D eigenvalue weighted by Crippen LogP contribution is 2.28. The lowest BCUT2D eigenvalue weighted by Crippen LogP contribution is -2.14. The lowest BCUT2D eigenvalue weighted by atomic mass is 10.1. The SMILES string of the molecule is Cc1ccc(NC(=O)CSc2ncnc3c2cnn3-c2ccccc2Cl)cc1C. The van der Waals surface area contributed by atoms with Gasteiger partial charge in [0.1, 0.15) is 11.4 Å². The Morgan fingerprint density at radius 1 is 1.14 bits per heavy atom. The van der Waals surface area contributed by atoms with Gasteiger partial charge in [0.25, 0.3) is 0 Å². The number of rotatable bonds is 5.